The van der Waals surface area contributed by atoms with Gasteiger partial charge < -0.3 is 9.26 Å². The van der Waals surface area contributed by atoms with Gasteiger partial charge in [-0.3, -0.25) is 5.32 Å². The van der Waals surface area contributed by atoms with Gasteiger partial charge in [0.05, 0.1) is 13.7 Å². The van der Waals surface area contributed by atoms with E-state index in [4.69, 9.17) is 9.26 Å². The van der Waals surface area contributed by atoms with Gasteiger partial charge in [-0.25, -0.2) is 4.79 Å². The number of carbonyl (C=O) groups excluding carboxylic acids is 1. The normalized spacial score (nSPS) is 12.3. The first-order chi connectivity index (χ1) is 11.2. The van der Waals surface area contributed by atoms with Crippen LogP contribution >= 0.6 is 0 Å². The third-order valence-electron chi connectivity index (χ3n) is 3.57. The molecular weight excluding hydrogens is 294 g/mol. The molecule has 0 radical (unpaired) electrons. The minimum absolute atomic E-state index is 0.285. The van der Waals surface area contributed by atoms with E-state index in [1.54, 1.807) is 6.92 Å². The molecule has 6 heteroatoms. The van der Waals surface area contributed by atoms with Crippen molar-refractivity contribution in [2.75, 3.05) is 7.11 Å². The third kappa shape index (κ3) is 3.37. The number of hydrogen-bond acceptors (Lipinski definition) is 6. The molecule has 1 heterocycles. The van der Waals surface area contributed by atoms with Crippen molar-refractivity contribution in [3.8, 4) is 0 Å². The number of esters is 1. The Balaban J connectivity index is 1.86. The molecule has 2 aromatic carbocycles. The maximum atomic E-state index is 12.1. The van der Waals surface area contributed by atoms with Crippen LogP contribution in [0.15, 0.2) is 47.0 Å². The molecule has 0 aliphatic rings. The van der Waals surface area contributed by atoms with E-state index in [9.17, 15) is 4.79 Å². The third-order valence-corrected chi connectivity index (χ3v) is 3.57. The predicted molar refractivity (Wildman–Crippen MR) is 84.6 cm³/mol. The number of benzene rings is 2. The Bertz CT molecular complexity index is 829. The van der Waals surface area contributed by atoms with E-state index >= 15 is 0 Å². The van der Waals surface area contributed by atoms with Crippen LogP contribution in [0.4, 0.5) is 0 Å². The van der Waals surface area contributed by atoms with E-state index in [0.717, 1.165) is 16.3 Å². The molecular formula is C17H17N3O3. The summed E-state index contributed by atoms with van der Waals surface area (Å²) in [5, 5.41) is 9.02. The summed E-state index contributed by atoms with van der Waals surface area (Å²) in [5.41, 5.74) is 0.826. The maximum Gasteiger partial charge on any atom is 0.327 e. The van der Waals surface area contributed by atoms with Gasteiger partial charge in [0.15, 0.2) is 5.82 Å². The van der Waals surface area contributed by atoms with E-state index in [2.05, 4.69) is 15.5 Å². The number of methoxy groups -OCH3 is 1. The molecule has 0 unspecified atom stereocenters. The van der Waals surface area contributed by atoms with Crippen molar-refractivity contribution in [1.29, 1.82) is 0 Å². The zero-order chi connectivity index (χ0) is 16.2. The summed E-state index contributed by atoms with van der Waals surface area (Å²) in [6, 6.07) is 13.3. The fourth-order valence-corrected chi connectivity index (χ4v) is 2.44. The van der Waals surface area contributed by atoms with Gasteiger partial charge in [-0.05, 0) is 29.3 Å². The van der Waals surface area contributed by atoms with Crippen LogP contribution in [-0.2, 0) is 16.1 Å². The molecule has 0 saturated heterocycles. The molecule has 23 heavy (non-hydrogen) atoms. The number of ether oxygens (including phenoxy) is 1. The summed E-state index contributed by atoms with van der Waals surface area (Å²) in [5.74, 6) is 0.621. The summed E-state index contributed by atoms with van der Waals surface area (Å²) < 4.78 is 9.96. The van der Waals surface area contributed by atoms with Gasteiger partial charge in [-0.15, -0.1) is 0 Å². The smallest absolute Gasteiger partial charge is 0.327 e. The van der Waals surface area contributed by atoms with E-state index in [-0.39, 0.29) is 12.5 Å². The quantitative estimate of drug-likeness (QED) is 0.730. The molecule has 1 atom stereocenters. The van der Waals surface area contributed by atoms with Gasteiger partial charge in [0.2, 0.25) is 5.89 Å². The van der Waals surface area contributed by atoms with Crippen molar-refractivity contribution in [3.05, 3.63) is 59.7 Å². The average molecular weight is 311 g/mol. The average Bonchev–Trinajstić information content (AvgIpc) is 3.00. The summed E-state index contributed by atoms with van der Waals surface area (Å²) in [4.78, 5) is 16.2. The number of aryl methyl sites for hydroxylation is 1. The lowest BCUT2D eigenvalue weighted by molar-refractivity contribution is -0.143. The Morgan fingerprint density at radius 2 is 2.04 bits per heavy atom. The number of hydrogen-bond donors (Lipinski definition) is 1. The van der Waals surface area contributed by atoms with Crippen molar-refractivity contribution in [2.24, 2.45) is 0 Å². The first-order valence-corrected chi connectivity index (χ1v) is 7.26. The van der Waals surface area contributed by atoms with Crippen LogP contribution in [0.1, 0.15) is 23.3 Å². The number of carbonyl (C=O) groups is 1. The zero-order valence-corrected chi connectivity index (χ0v) is 12.9. The van der Waals surface area contributed by atoms with Gasteiger partial charge in [0.25, 0.3) is 0 Å². The second kappa shape index (κ2) is 6.58. The van der Waals surface area contributed by atoms with Crippen molar-refractivity contribution < 1.29 is 14.1 Å². The monoisotopic (exact) mass is 311 g/mol. The van der Waals surface area contributed by atoms with Gasteiger partial charge in [-0.1, -0.05) is 41.6 Å². The van der Waals surface area contributed by atoms with Crippen LogP contribution in [0.5, 0.6) is 0 Å². The van der Waals surface area contributed by atoms with E-state index in [1.807, 2.05) is 42.5 Å². The van der Waals surface area contributed by atoms with Crippen LogP contribution in [0.3, 0.4) is 0 Å². The summed E-state index contributed by atoms with van der Waals surface area (Å²) in [6.07, 6.45) is 0. The number of rotatable bonds is 5. The molecule has 0 bridgehead atoms. The summed E-state index contributed by atoms with van der Waals surface area (Å²) >= 11 is 0. The fourth-order valence-electron chi connectivity index (χ4n) is 2.44. The highest BCUT2D eigenvalue weighted by Gasteiger charge is 2.22. The SMILES string of the molecule is COC(=O)[C@@H](NCc1nc(C)no1)c1ccc2ccccc2c1. The molecule has 0 spiro atoms. The molecule has 0 saturated carbocycles. The molecule has 1 aromatic heterocycles. The second-order valence-corrected chi connectivity index (χ2v) is 5.18. The fraction of sp³-hybridized carbons (Fsp3) is 0.235. The number of fused-ring (bicyclic) bond motifs is 1. The molecule has 3 rings (SSSR count). The van der Waals surface area contributed by atoms with E-state index in [0.29, 0.717) is 11.7 Å². The number of aromatic nitrogens is 2. The van der Waals surface area contributed by atoms with Crippen LogP contribution in [-0.4, -0.2) is 23.2 Å². The van der Waals surface area contributed by atoms with Gasteiger partial charge >= 0.3 is 5.97 Å². The highest BCUT2D eigenvalue weighted by atomic mass is 16.5. The molecule has 0 aliphatic heterocycles. The lowest BCUT2D eigenvalue weighted by Crippen LogP contribution is -2.29. The molecule has 0 amide bonds. The Hall–Kier alpha value is -2.73. The van der Waals surface area contributed by atoms with Crippen LogP contribution in [0, 0.1) is 6.92 Å². The largest absolute Gasteiger partial charge is 0.468 e. The van der Waals surface area contributed by atoms with Crippen molar-refractivity contribution in [3.63, 3.8) is 0 Å². The Morgan fingerprint density at radius 3 is 2.74 bits per heavy atom. The molecule has 3 aromatic rings. The number of nitrogens with zero attached hydrogens (tertiary/aromatic N) is 2. The first kappa shape index (κ1) is 15.2. The molecule has 0 fully saturated rings. The maximum absolute atomic E-state index is 12.1. The Morgan fingerprint density at radius 1 is 1.26 bits per heavy atom. The minimum atomic E-state index is -0.600. The van der Waals surface area contributed by atoms with E-state index < -0.39 is 6.04 Å². The van der Waals surface area contributed by atoms with Gasteiger partial charge in [0, 0.05) is 0 Å². The molecule has 1 N–H and O–H groups in total. The topological polar surface area (TPSA) is 77.2 Å². The Labute approximate surface area is 133 Å². The standard InChI is InChI=1S/C17H17N3O3/c1-11-19-15(23-20-11)10-18-16(17(21)22-2)14-8-7-12-5-3-4-6-13(12)9-14/h3-9,16,18H,10H2,1-2H3/t16-/m0/s1. The lowest BCUT2D eigenvalue weighted by Gasteiger charge is -2.16. The summed E-state index contributed by atoms with van der Waals surface area (Å²) in [7, 11) is 1.37. The lowest BCUT2D eigenvalue weighted by atomic mass is 10.0. The molecule has 0 aliphatic carbocycles. The van der Waals surface area contributed by atoms with Crippen LogP contribution < -0.4 is 5.32 Å². The predicted octanol–water partition coefficient (Wildman–Crippen LogP) is 2.54. The summed E-state index contributed by atoms with van der Waals surface area (Å²) in [6.45, 7) is 2.03. The highest BCUT2D eigenvalue weighted by molar-refractivity contribution is 5.85. The zero-order valence-electron chi connectivity index (χ0n) is 12.9. The van der Waals surface area contributed by atoms with Crippen molar-refractivity contribution in [1.82, 2.24) is 15.5 Å². The second-order valence-electron chi connectivity index (χ2n) is 5.18. The Kier molecular flexibility index (Phi) is 4.34. The number of nitrogens with one attached hydrogen (secondary N) is 1. The van der Waals surface area contributed by atoms with Crippen LogP contribution in [0.25, 0.3) is 10.8 Å². The van der Waals surface area contributed by atoms with Crippen molar-refractivity contribution in [2.45, 2.75) is 19.5 Å². The van der Waals surface area contributed by atoms with Gasteiger partial charge in [0.1, 0.15) is 6.04 Å². The van der Waals surface area contributed by atoms with Crippen LogP contribution in [0.2, 0.25) is 0 Å². The molecule has 6 nitrogen and oxygen atoms in total. The minimum Gasteiger partial charge on any atom is -0.468 e. The van der Waals surface area contributed by atoms with Gasteiger partial charge in [-0.2, -0.15) is 4.98 Å². The first-order valence-electron chi connectivity index (χ1n) is 7.26. The van der Waals surface area contributed by atoms with Crippen molar-refractivity contribution >= 4 is 16.7 Å². The highest BCUT2D eigenvalue weighted by Crippen LogP contribution is 2.21. The molecule has 118 valence electrons. The van der Waals surface area contributed by atoms with E-state index in [1.165, 1.54) is 7.11 Å².